The zero-order valence-corrected chi connectivity index (χ0v) is 14.4. The highest BCUT2D eigenvalue weighted by Gasteiger charge is 2.05. The first-order valence-corrected chi connectivity index (χ1v) is 9.20. The maximum absolute atomic E-state index is 10.1. The Morgan fingerprint density at radius 1 is 0.818 bits per heavy atom. The first kappa shape index (κ1) is 19.0. The maximum Gasteiger partial charge on any atom is 0.123 e. The number of phenolic OH excluding ortho intramolecular Hbond substituents is 1. The minimum atomic E-state index is 0.383. The summed E-state index contributed by atoms with van der Waals surface area (Å²) in [5.74, 6) is 0.383. The summed E-state index contributed by atoms with van der Waals surface area (Å²) >= 11 is 0. The Morgan fingerprint density at radius 3 is 1.86 bits per heavy atom. The number of unbranched alkanes of at least 4 members (excludes halogenated alkanes) is 10. The smallest absolute Gasteiger partial charge is 0.123 e. The lowest BCUT2D eigenvalue weighted by Gasteiger charge is -2.08. The van der Waals surface area contributed by atoms with Gasteiger partial charge in [-0.15, -0.1) is 0 Å². The molecule has 0 aliphatic rings. The van der Waals surface area contributed by atoms with Crippen LogP contribution in [0.1, 0.15) is 88.7 Å². The molecule has 0 heterocycles. The Bertz CT molecular complexity index is 389. The molecule has 1 radical (unpaired) electrons. The van der Waals surface area contributed by atoms with Crippen molar-refractivity contribution in [3.05, 3.63) is 29.3 Å². The fourth-order valence-electron chi connectivity index (χ4n) is 2.91. The molecule has 0 saturated carbocycles. The van der Waals surface area contributed by atoms with Crippen molar-refractivity contribution in [3.63, 3.8) is 0 Å². The van der Waals surface area contributed by atoms with Gasteiger partial charge in [0.2, 0.25) is 0 Å². The average molecular weight is 304 g/mol. The van der Waals surface area contributed by atoms with Crippen molar-refractivity contribution in [1.29, 1.82) is 0 Å². The normalized spacial score (nSPS) is 11.0. The molecule has 2 heteroatoms. The van der Waals surface area contributed by atoms with Crippen molar-refractivity contribution >= 4 is 0 Å². The molecule has 0 saturated heterocycles. The summed E-state index contributed by atoms with van der Waals surface area (Å²) in [7, 11) is 0. The second-order valence-electron chi connectivity index (χ2n) is 6.34. The highest BCUT2D eigenvalue weighted by molar-refractivity contribution is 5.39. The quantitative estimate of drug-likeness (QED) is 0.472. The van der Waals surface area contributed by atoms with Gasteiger partial charge in [0.15, 0.2) is 0 Å². The Kier molecular flexibility index (Phi) is 10.8. The van der Waals surface area contributed by atoms with Crippen LogP contribution in [0.25, 0.3) is 0 Å². The minimum absolute atomic E-state index is 0.383. The van der Waals surface area contributed by atoms with E-state index in [1.54, 1.807) is 6.07 Å². The van der Waals surface area contributed by atoms with Gasteiger partial charge in [-0.1, -0.05) is 71.1 Å². The van der Waals surface area contributed by atoms with E-state index in [9.17, 15) is 5.11 Å². The summed E-state index contributed by atoms with van der Waals surface area (Å²) in [4.78, 5) is 0. The van der Waals surface area contributed by atoms with Crippen LogP contribution in [0.3, 0.4) is 0 Å². The molecule has 0 spiro atoms. The first-order chi connectivity index (χ1) is 10.8. The molecule has 0 fully saturated rings. The molecule has 22 heavy (non-hydrogen) atoms. The first-order valence-electron chi connectivity index (χ1n) is 9.20. The van der Waals surface area contributed by atoms with E-state index in [1.807, 2.05) is 6.07 Å². The van der Waals surface area contributed by atoms with Gasteiger partial charge < -0.3 is 10.8 Å². The van der Waals surface area contributed by atoms with Gasteiger partial charge in [0.1, 0.15) is 5.75 Å². The molecule has 0 amide bonds. The topological polar surface area (TPSA) is 46.2 Å². The van der Waals surface area contributed by atoms with Gasteiger partial charge >= 0.3 is 0 Å². The van der Waals surface area contributed by atoms with Crippen molar-refractivity contribution in [2.24, 2.45) is 5.73 Å². The third-order valence-electron chi connectivity index (χ3n) is 4.39. The van der Waals surface area contributed by atoms with Crippen molar-refractivity contribution in [2.75, 3.05) is 0 Å². The zero-order valence-electron chi connectivity index (χ0n) is 14.4. The van der Waals surface area contributed by atoms with Gasteiger partial charge in [-0.05, 0) is 36.6 Å². The summed E-state index contributed by atoms with van der Waals surface area (Å²) in [6.07, 6.45) is 15.8. The molecule has 1 rings (SSSR count). The number of hydrogen-bond acceptors (Lipinski definition) is 2. The van der Waals surface area contributed by atoms with E-state index in [1.165, 1.54) is 64.2 Å². The van der Waals surface area contributed by atoms with Crippen molar-refractivity contribution in [3.8, 4) is 5.75 Å². The molecule has 0 aromatic heterocycles. The number of phenols is 1. The molecular formula is C20H34NO. The zero-order chi connectivity index (χ0) is 16.0. The highest BCUT2D eigenvalue weighted by Crippen LogP contribution is 2.23. The van der Waals surface area contributed by atoms with Crippen molar-refractivity contribution in [2.45, 2.75) is 90.5 Å². The van der Waals surface area contributed by atoms with E-state index in [2.05, 4.69) is 13.0 Å². The van der Waals surface area contributed by atoms with Crippen LogP contribution >= 0.6 is 0 Å². The molecule has 0 aliphatic carbocycles. The summed E-state index contributed by atoms with van der Waals surface area (Å²) in [6.45, 7) is 2.65. The Morgan fingerprint density at radius 2 is 1.32 bits per heavy atom. The number of aryl methyl sites for hydroxylation is 1. The number of aromatic hydroxyl groups is 1. The second kappa shape index (κ2) is 12.5. The predicted octanol–water partition coefficient (Wildman–Crippen LogP) is 5.50. The van der Waals surface area contributed by atoms with E-state index in [-0.39, 0.29) is 0 Å². The van der Waals surface area contributed by atoms with Gasteiger partial charge in [0.25, 0.3) is 0 Å². The van der Waals surface area contributed by atoms with Crippen LogP contribution in [0.5, 0.6) is 5.75 Å². The fourth-order valence-corrected chi connectivity index (χ4v) is 2.91. The maximum atomic E-state index is 10.1. The van der Waals surface area contributed by atoms with Gasteiger partial charge in [-0.25, -0.2) is 0 Å². The van der Waals surface area contributed by atoms with E-state index in [4.69, 9.17) is 5.73 Å². The number of hydrogen-bond donors (Lipinski definition) is 2. The van der Waals surface area contributed by atoms with Crippen molar-refractivity contribution in [1.82, 2.24) is 0 Å². The third kappa shape index (κ3) is 7.84. The summed E-state index contributed by atoms with van der Waals surface area (Å²) in [5, 5.41) is 10.1. The van der Waals surface area contributed by atoms with Crippen LogP contribution < -0.4 is 5.73 Å². The number of benzene rings is 1. The lowest BCUT2D eigenvalue weighted by Crippen LogP contribution is -1.98. The van der Waals surface area contributed by atoms with Crippen LogP contribution in [0.15, 0.2) is 12.1 Å². The molecule has 1 aromatic rings. The third-order valence-corrected chi connectivity index (χ3v) is 4.39. The summed E-state index contributed by atoms with van der Waals surface area (Å²) in [5.41, 5.74) is 7.41. The highest BCUT2D eigenvalue weighted by atomic mass is 16.3. The largest absolute Gasteiger partial charge is 0.507 e. The van der Waals surface area contributed by atoms with Crippen molar-refractivity contribution < 1.29 is 5.11 Å². The number of rotatable bonds is 13. The molecular weight excluding hydrogens is 270 g/mol. The monoisotopic (exact) mass is 304 g/mol. The van der Waals surface area contributed by atoms with Gasteiger partial charge in [0, 0.05) is 12.1 Å². The summed E-state index contributed by atoms with van der Waals surface area (Å²) < 4.78 is 0. The van der Waals surface area contributed by atoms with E-state index < -0.39 is 0 Å². The van der Waals surface area contributed by atoms with E-state index in [0.29, 0.717) is 12.3 Å². The van der Waals surface area contributed by atoms with Crippen LogP contribution in [0.4, 0.5) is 0 Å². The van der Waals surface area contributed by atoms with Gasteiger partial charge in [0.05, 0.1) is 0 Å². The molecule has 2 nitrogen and oxygen atoms in total. The molecule has 3 N–H and O–H groups in total. The minimum Gasteiger partial charge on any atom is -0.507 e. The van der Waals surface area contributed by atoms with Crippen LogP contribution in [0.2, 0.25) is 0 Å². The molecule has 0 unspecified atom stereocenters. The SMILES string of the molecule is CCCCCCCCCCCCCc1c[c]cc(CN)c1O. The van der Waals surface area contributed by atoms with Gasteiger partial charge in [-0.2, -0.15) is 0 Å². The van der Waals surface area contributed by atoms with Gasteiger partial charge in [-0.3, -0.25) is 0 Å². The molecule has 1 aromatic carbocycles. The predicted molar refractivity (Wildman–Crippen MR) is 95.0 cm³/mol. The standard InChI is InChI=1S/C20H34NO/c1-2-3-4-5-6-7-8-9-10-11-12-14-18-15-13-16-19(17-21)20(18)22/h15-16,22H,2-12,14,17,21H2,1H3. The second-order valence-corrected chi connectivity index (χ2v) is 6.34. The van der Waals surface area contributed by atoms with Crippen LogP contribution in [-0.2, 0) is 13.0 Å². The lowest BCUT2D eigenvalue weighted by molar-refractivity contribution is 0.459. The lowest BCUT2D eigenvalue weighted by atomic mass is 10.0. The average Bonchev–Trinajstić information content (AvgIpc) is 2.54. The Balaban J connectivity index is 2.00. The Hall–Kier alpha value is -1.02. The summed E-state index contributed by atoms with van der Waals surface area (Å²) in [6, 6.07) is 6.74. The molecule has 0 bridgehead atoms. The molecule has 125 valence electrons. The van der Waals surface area contributed by atoms with Crippen LogP contribution in [0, 0.1) is 6.07 Å². The fraction of sp³-hybridized carbons (Fsp3) is 0.700. The number of nitrogens with two attached hydrogens (primary N) is 1. The van der Waals surface area contributed by atoms with E-state index >= 15 is 0 Å². The molecule has 0 atom stereocenters. The van der Waals surface area contributed by atoms with E-state index in [0.717, 1.165) is 24.0 Å². The molecule has 0 aliphatic heterocycles. The Labute approximate surface area is 137 Å². The van der Waals surface area contributed by atoms with Crippen LogP contribution in [-0.4, -0.2) is 5.11 Å².